The third-order valence-electron chi connectivity index (χ3n) is 3.10. The van der Waals surface area contributed by atoms with Crippen LogP contribution in [0.1, 0.15) is 23.7 Å². The summed E-state index contributed by atoms with van der Waals surface area (Å²) in [6.07, 6.45) is 3.64. The molecule has 1 aromatic carbocycles. The molecular formula is C14H11Cl2NO. The van der Waals surface area contributed by atoms with Crippen molar-refractivity contribution in [1.82, 2.24) is 4.98 Å². The van der Waals surface area contributed by atoms with Gasteiger partial charge in [0, 0.05) is 11.8 Å². The number of hydrogen-bond donors (Lipinski definition) is 0. The van der Waals surface area contributed by atoms with E-state index in [1.165, 1.54) is 0 Å². The fourth-order valence-corrected chi connectivity index (χ4v) is 2.45. The van der Waals surface area contributed by atoms with Gasteiger partial charge in [0.05, 0.1) is 10.0 Å². The number of ether oxygens (including phenoxy) is 1. The van der Waals surface area contributed by atoms with Crippen LogP contribution in [0.15, 0.2) is 36.5 Å². The molecule has 0 aliphatic carbocycles. The number of nitrogens with zero attached hydrogens (tertiary/aromatic N) is 1. The zero-order valence-electron chi connectivity index (χ0n) is 9.57. The first-order valence-corrected chi connectivity index (χ1v) is 6.55. The number of fused-ring (bicyclic) bond motifs is 1. The Bertz CT molecular complexity index is 586. The molecule has 0 fully saturated rings. The van der Waals surface area contributed by atoms with Crippen LogP contribution >= 0.6 is 23.2 Å². The Morgan fingerprint density at radius 1 is 1.17 bits per heavy atom. The Morgan fingerprint density at radius 3 is 2.89 bits per heavy atom. The molecule has 0 radical (unpaired) electrons. The van der Waals surface area contributed by atoms with E-state index in [1.54, 1.807) is 12.3 Å². The number of aryl methyl sites for hydroxylation is 1. The minimum absolute atomic E-state index is 0.00201. The highest BCUT2D eigenvalue weighted by atomic mass is 35.5. The maximum atomic E-state index is 6.03. The summed E-state index contributed by atoms with van der Waals surface area (Å²) in [7, 11) is 0. The van der Waals surface area contributed by atoms with Crippen molar-refractivity contribution in [3.8, 4) is 5.88 Å². The number of benzene rings is 1. The normalized spacial score (nSPS) is 18.0. The van der Waals surface area contributed by atoms with Crippen LogP contribution in [0.4, 0.5) is 0 Å². The van der Waals surface area contributed by atoms with Gasteiger partial charge >= 0.3 is 0 Å². The van der Waals surface area contributed by atoms with Crippen LogP contribution in [0.25, 0.3) is 0 Å². The minimum atomic E-state index is 0.00201. The largest absolute Gasteiger partial charge is 0.469 e. The summed E-state index contributed by atoms with van der Waals surface area (Å²) >= 11 is 11.9. The van der Waals surface area contributed by atoms with Crippen molar-refractivity contribution in [1.29, 1.82) is 0 Å². The summed E-state index contributed by atoms with van der Waals surface area (Å²) in [6, 6.07) is 9.60. The predicted molar refractivity (Wildman–Crippen MR) is 72.4 cm³/mol. The van der Waals surface area contributed by atoms with E-state index in [2.05, 4.69) is 4.98 Å². The smallest absolute Gasteiger partial charge is 0.217 e. The van der Waals surface area contributed by atoms with Gasteiger partial charge in [-0.15, -0.1) is 0 Å². The highest BCUT2D eigenvalue weighted by molar-refractivity contribution is 6.42. The lowest BCUT2D eigenvalue weighted by atomic mass is 9.99. The molecule has 18 heavy (non-hydrogen) atoms. The van der Waals surface area contributed by atoms with Crippen LogP contribution in [-0.2, 0) is 6.42 Å². The highest BCUT2D eigenvalue weighted by Crippen LogP contribution is 2.35. The van der Waals surface area contributed by atoms with Gasteiger partial charge in [0.25, 0.3) is 0 Å². The number of halogens is 2. The molecule has 2 nitrogen and oxygen atoms in total. The predicted octanol–water partition coefficient (Wildman–Crippen LogP) is 4.45. The second kappa shape index (κ2) is 4.79. The van der Waals surface area contributed by atoms with Crippen molar-refractivity contribution in [2.45, 2.75) is 18.9 Å². The fraction of sp³-hybridized carbons (Fsp3) is 0.214. The highest BCUT2D eigenvalue weighted by Gasteiger charge is 2.22. The van der Waals surface area contributed by atoms with Crippen molar-refractivity contribution < 1.29 is 4.74 Å². The zero-order valence-corrected chi connectivity index (χ0v) is 11.1. The molecule has 92 valence electrons. The summed E-state index contributed by atoms with van der Waals surface area (Å²) in [5.41, 5.74) is 2.20. The van der Waals surface area contributed by atoms with E-state index >= 15 is 0 Å². The first kappa shape index (κ1) is 11.8. The fourth-order valence-electron chi connectivity index (χ4n) is 2.15. The summed E-state index contributed by atoms with van der Waals surface area (Å²) in [6.45, 7) is 0. The van der Waals surface area contributed by atoms with Gasteiger partial charge in [0.2, 0.25) is 5.88 Å². The van der Waals surface area contributed by atoms with Crippen LogP contribution < -0.4 is 4.74 Å². The van der Waals surface area contributed by atoms with E-state index < -0.39 is 0 Å². The number of rotatable bonds is 1. The molecule has 3 rings (SSSR count). The van der Waals surface area contributed by atoms with E-state index in [-0.39, 0.29) is 6.10 Å². The molecule has 0 saturated heterocycles. The molecule has 1 atom stereocenters. The first-order valence-electron chi connectivity index (χ1n) is 5.79. The van der Waals surface area contributed by atoms with Crippen molar-refractivity contribution in [2.75, 3.05) is 0 Å². The molecule has 0 N–H and O–H groups in total. The molecule has 1 aliphatic heterocycles. The van der Waals surface area contributed by atoms with E-state index in [0.29, 0.717) is 10.0 Å². The summed E-state index contributed by atoms with van der Waals surface area (Å²) in [5, 5.41) is 1.12. The standard InChI is InChI=1S/C14H11Cl2NO/c15-11-5-3-10(8-12(11)16)13-6-4-9-2-1-7-17-14(9)18-13/h1-3,5,7-8,13H,4,6H2/t13-/m0/s1. The van der Waals surface area contributed by atoms with Crippen LogP contribution in [0.5, 0.6) is 5.88 Å². The molecule has 0 bridgehead atoms. The van der Waals surface area contributed by atoms with Gasteiger partial charge in [0.15, 0.2) is 0 Å². The molecule has 0 saturated carbocycles. The Balaban J connectivity index is 1.89. The Kier molecular flexibility index (Phi) is 3.14. The molecule has 4 heteroatoms. The quantitative estimate of drug-likeness (QED) is 0.769. The van der Waals surface area contributed by atoms with E-state index in [9.17, 15) is 0 Å². The lowest BCUT2D eigenvalue weighted by Gasteiger charge is -2.25. The van der Waals surface area contributed by atoms with Gasteiger partial charge < -0.3 is 4.74 Å². The lowest BCUT2D eigenvalue weighted by Crippen LogP contribution is -2.16. The molecule has 0 spiro atoms. The third kappa shape index (κ3) is 2.18. The molecule has 1 aromatic heterocycles. The first-order chi connectivity index (χ1) is 8.74. The monoisotopic (exact) mass is 279 g/mol. The third-order valence-corrected chi connectivity index (χ3v) is 3.83. The van der Waals surface area contributed by atoms with Crippen LogP contribution in [0.3, 0.4) is 0 Å². The lowest BCUT2D eigenvalue weighted by molar-refractivity contribution is 0.168. The number of pyridine rings is 1. The van der Waals surface area contributed by atoms with Crippen LogP contribution in [-0.4, -0.2) is 4.98 Å². The summed E-state index contributed by atoms with van der Waals surface area (Å²) < 4.78 is 5.90. The molecule has 1 aliphatic rings. The Morgan fingerprint density at radius 2 is 2.06 bits per heavy atom. The van der Waals surface area contributed by atoms with Crippen LogP contribution in [0.2, 0.25) is 10.0 Å². The molecule has 2 aromatic rings. The molecular weight excluding hydrogens is 269 g/mol. The van der Waals surface area contributed by atoms with Gasteiger partial charge in [-0.2, -0.15) is 0 Å². The zero-order chi connectivity index (χ0) is 12.5. The SMILES string of the molecule is Clc1ccc([C@@H]2CCc3cccnc3O2)cc1Cl. The average Bonchev–Trinajstić information content (AvgIpc) is 2.41. The molecule has 2 heterocycles. The van der Waals surface area contributed by atoms with E-state index in [4.69, 9.17) is 27.9 Å². The number of aromatic nitrogens is 1. The Labute approximate surface area is 116 Å². The summed E-state index contributed by atoms with van der Waals surface area (Å²) in [5.74, 6) is 0.722. The topological polar surface area (TPSA) is 22.1 Å². The molecule has 0 amide bonds. The van der Waals surface area contributed by atoms with Gasteiger partial charge in [-0.05, 0) is 36.6 Å². The average molecular weight is 280 g/mol. The summed E-state index contributed by atoms with van der Waals surface area (Å²) in [4.78, 5) is 4.25. The number of hydrogen-bond acceptors (Lipinski definition) is 2. The Hall–Kier alpha value is -1.25. The second-order valence-corrected chi connectivity index (χ2v) is 5.10. The van der Waals surface area contributed by atoms with E-state index in [1.807, 2.05) is 24.3 Å². The van der Waals surface area contributed by atoms with Gasteiger partial charge in [-0.1, -0.05) is 35.3 Å². The minimum Gasteiger partial charge on any atom is -0.469 e. The van der Waals surface area contributed by atoms with Crippen molar-refractivity contribution in [3.05, 3.63) is 57.7 Å². The van der Waals surface area contributed by atoms with Gasteiger partial charge in [-0.3, -0.25) is 0 Å². The van der Waals surface area contributed by atoms with Crippen molar-refractivity contribution >= 4 is 23.2 Å². The maximum Gasteiger partial charge on any atom is 0.217 e. The van der Waals surface area contributed by atoms with Gasteiger partial charge in [-0.25, -0.2) is 4.98 Å². The maximum absolute atomic E-state index is 6.03. The van der Waals surface area contributed by atoms with E-state index in [0.717, 1.165) is 29.8 Å². The van der Waals surface area contributed by atoms with Crippen molar-refractivity contribution in [2.24, 2.45) is 0 Å². The van der Waals surface area contributed by atoms with Crippen molar-refractivity contribution in [3.63, 3.8) is 0 Å². The second-order valence-electron chi connectivity index (χ2n) is 4.29. The molecule has 0 unspecified atom stereocenters. The van der Waals surface area contributed by atoms with Gasteiger partial charge in [0.1, 0.15) is 6.10 Å². The van der Waals surface area contributed by atoms with Crippen LogP contribution in [0, 0.1) is 0 Å².